The van der Waals surface area contributed by atoms with E-state index in [0.29, 0.717) is 18.1 Å². The summed E-state index contributed by atoms with van der Waals surface area (Å²) in [6, 6.07) is 0. The molecule has 3 unspecified atom stereocenters. The highest BCUT2D eigenvalue weighted by molar-refractivity contribution is 5.60. The average Bonchev–Trinajstić information content (AvgIpc) is 2.75. The summed E-state index contributed by atoms with van der Waals surface area (Å²) >= 11 is 0. The van der Waals surface area contributed by atoms with Gasteiger partial charge in [0.15, 0.2) is 0 Å². The molecule has 0 saturated heterocycles. The van der Waals surface area contributed by atoms with Gasteiger partial charge in [-0.15, -0.1) is 0 Å². The maximum atomic E-state index is 9.68. The fraction of sp³-hybridized carbons (Fsp3) is 0.727. The molecular formula is C11H22N4O4. The molecule has 19 heavy (non-hydrogen) atoms. The van der Waals surface area contributed by atoms with Crippen LogP contribution in [0.3, 0.4) is 0 Å². The minimum Gasteiger partial charge on any atom is -0.394 e. The third kappa shape index (κ3) is 4.06. The second kappa shape index (κ2) is 7.29. The van der Waals surface area contributed by atoms with Crippen molar-refractivity contribution in [1.29, 1.82) is 0 Å². The first-order chi connectivity index (χ1) is 9.01. The number of hydrogen-bond donors (Lipinski definition) is 6. The fourth-order valence-electron chi connectivity index (χ4n) is 1.66. The third-order valence-electron chi connectivity index (χ3n) is 2.76. The number of hydrogen-bond acceptors (Lipinski definition) is 7. The number of aromatic nitrogens is 2. The van der Waals surface area contributed by atoms with E-state index >= 15 is 0 Å². The van der Waals surface area contributed by atoms with E-state index in [0.717, 1.165) is 6.42 Å². The molecule has 1 aromatic rings. The van der Waals surface area contributed by atoms with Crippen LogP contribution in [0.5, 0.6) is 0 Å². The van der Waals surface area contributed by atoms with Gasteiger partial charge in [-0.3, -0.25) is 0 Å². The maximum absolute atomic E-state index is 9.68. The Morgan fingerprint density at radius 2 is 2.05 bits per heavy atom. The second-order valence-electron chi connectivity index (χ2n) is 4.36. The monoisotopic (exact) mass is 274 g/mol. The Labute approximate surface area is 111 Å². The summed E-state index contributed by atoms with van der Waals surface area (Å²) in [6.45, 7) is 2.04. The molecule has 0 spiro atoms. The standard InChI is InChI=1S/C11H22N4O4/c1-2-3-15-11(7(12)4-14-15)13-5-8(17)10(19)9(18)6-16/h4,8-10,13,16-19H,2-3,5-6,12H2,1H3. The fourth-order valence-corrected chi connectivity index (χ4v) is 1.66. The number of rotatable bonds is 8. The van der Waals surface area contributed by atoms with Gasteiger partial charge < -0.3 is 31.5 Å². The molecule has 8 heteroatoms. The highest BCUT2D eigenvalue weighted by Crippen LogP contribution is 2.18. The highest BCUT2D eigenvalue weighted by Gasteiger charge is 2.24. The lowest BCUT2D eigenvalue weighted by Crippen LogP contribution is -2.43. The first-order valence-corrected chi connectivity index (χ1v) is 6.21. The van der Waals surface area contributed by atoms with Crippen molar-refractivity contribution in [3.63, 3.8) is 0 Å². The number of anilines is 2. The molecule has 0 aliphatic carbocycles. The van der Waals surface area contributed by atoms with E-state index in [4.69, 9.17) is 10.8 Å². The van der Waals surface area contributed by atoms with Crippen LogP contribution in [0.1, 0.15) is 13.3 Å². The lowest BCUT2D eigenvalue weighted by atomic mass is 10.1. The van der Waals surface area contributed by atoms with Gasteiger partial charge in [0.2, 0.25) is 0 Å². The zero-order valence-electron chi connectivity index (χ0n) is 10.9. The van der Waals surface area contributed by atoms with Crippen LogP contribution in [-0.2, 0) is 6.54 Å². The van der Waals surface area contributed by atoms with E-state index in [-0.39, 0.29) is 6.54 Å². The van der Waals surface area contributed by atoms with Crippen LogP contribution in [-0.4, -0.2) is 61.7 Å². The van der Waals surface area contributed by atoms with Crippen molar-refractivity contribution in [2.24, 2.45) is 0 Å². The molecule has 1 rings (SSSR count). The second-order valence-corrected chi connectivity index (χ2v) is 4.36. The number of aryl methyl sites for hydroxylation is 1. The Bertz CT molecular complexity index is 385. The Balaban J connectivity index is 2.58. The molecule has 0 aliphatic heterocycles. The number of aliphatic hydroxyl groups is 4. The van der Waals surface area contributed by atoms with Crippen LogP contribution >= 0.6 is 0 Å². The van der Waals surface area contributed by atoms with Gasteiger partial charge in [-0.25, -0.2) is 4.68 Å². The molecule has 7 N–H and O–H groups in total. The molecule has 1 heterocycles. The quantitative estimate of drug-likeness (QED) is 0.334. The normalized spacial score (nSPS) is 16.1. The Kier molecular flexibility index (Phi) is 6.03. The molecule has 0 aromatic carbocycles. The molecule has 0 bridgehead atoms. The summed E-state index contributed by atoms with van der Waals surface area (Å²) in [6.07, 6.45) is -1.66. The number of nitrogens with zero attached hydrogens (tertiary/aromatic N) is 2. The topological polar surface area (TPSA) is 137 Å². The van der Waals surface area contributed by atoms with Gasteiger partial charge in [0.1, 0.15) is 18.0 Å². The molecule has 0 saturated carbocycles. The lowest BCUT2D eigenvalue weighted by molar-refractivity contribution is -0.0715. The Morgan fingerprint density at radius 3 is 2.63 bits per heavy atom. The van der Waals surface area contributed by atoms with Gasteiger partial charge in [-0.1, -0.05) is 6.92 Å². The van der Waals surface area contributed by atoms with E-state index in [1.54, 1.807) is 4.68 Å². The molecule has 0 aliphatic rings. The van der Waals surface area contributed by atoms with Crippen molar-refractivity contribution in [2.75, 3.05) is 24.2 Å². The Hall–Kier alpha value is -1.35. The first kappa shape index (κ1) is 15.7. The van der Waals surface area contributed by atoms with Crippen molar-refractivity contribution in [1.82, 2.24) is 9.78 Å². The highest BCUT2D eigenvalue weighted by atomic mass is 16.4. The number of nitrogens with two attached hydrogens (primary N) is 1. The van der Waals surface area contributed by atoms with Crippen LogP contribution in [0.25, 0.3) is 0 Å². The van der Waals surface area contributed by atoms with E-state index in [1.807, 2.05) is 6.92 Å². The van der Waals surface area contributed by atoms with Crippen LogP contribution in [0.2, 0.25) is 0 Å². The van der Waals surface area contributed by atoms with Crippen LogP contribution in [0, 0.1) is 0 Å². The summed E-state index contributed by atoms with van der Waals surface area (Å²) in [5.41, 5.74) is 6.18. The van der Waals surface area contributed by atoms with Crippen molar-refractivity contribution in [3.05, 3.63) is 6.20 Å². The summed E-state index contributed by atoms with van der Waals surface area (Å²) in [7, 11) is 0. The van der Waals surface area contributed by atoms with Crippen molar-refractivity contribution in [2.45, 2.75) is 38.2 Å². The van der Waals surface area contributed by atoms with Crippen molar-refractivity contribution < 1.29 is 20.4 Å². The Morgan fingerprint density at radius 1 is 1.37 bits per heavy atom. The molecule has 3 atom stereocenters. The number of aliphatic hydroxyl groups excluding tert-OH is 4. The summed E-state index contributed by atoms with van der Waals surface area (Å²) in [5, 5.41) is 44.0. The maximum Gasteiger partial charge on any atom is 0.147 e. The smallest absolute Gasteiger partial charge is 0.147 e. The minimum atomic E-state index is -1.43. The van der Waals surface area contributed by atoms with Crippen molar-refractivity contribution >= 4 is 11.5 Å². The molecule has 0 fully saturated rings. The predicted octanol–water partition coefficient (Wildman–Crippen LogP) is -1.64. The van der Waals surface area contributed by atoms with E-state index in [9.17, 15) is 15.3 Å². The average molecular weight is 274 g/mol. The van der Waals surface area contributed by atoms with Crippen molar-refractivity contribution in [3.8, 4) is 0 Å². The van der Waals surface area contributed by atoms with Gasteiger partial charge in [0, 0.05) is 13.1 Å². The zero-order chi connectivity index (χ0) is 14.4. The van der Waals surface area contributed by atoms with Crippen LogP contribution < -0.4 is 11.1 Å². The molecule has 1 aromatic heterocycles. The van der Waals surface area contributed by atoms with E-state index in [1.165, 1.54) is 6.20 Å². The summed E-state index contributed by atoms with van der Waals surface area (Å²) < 4.78 is 1.66. The lowest BCUT2D eigenvalue weighted by Gasteiger charge is -2.22. The summed E-state index contributed by atoms with van der Waals surface area (Å²) in [5.74, 6) is 0.562. The van der Waals surface area contributed by atoms with Gasteiger partial charge in [-0.05, 0) is 6.42 Å². The summed E-state index contributed by atoms with van der Waals surface area (Å²) in [4.78, 5) is 0. The number of nitrogens with one attached hydrogen (secondary N) is 1. The van der Waals surface area contributed by atoms with Gasteiger partial charge in [-0.2, -0.15) is 5.10 Å². The first-order valence-electron chi connectivity index (χ1n) is 6.21. The molecule has 8 nitrogen and oxygen atoms in total. The van der Waals surface area contributed by atoms with Gasteiger partial charge >= 0.3 is 0 Å². The number of nitrogen functional groups attached to an aromatic ring is 1. The molecular weight excluding hydrogens is 252 g/mol. The third-order valence-corrected chi connectivity index (χ3v) is 2.76. The molecule has 0 radical (unpaired) electrons. The molecule has 0 amide bonds. The predicted molar refractivity (Wildman–Crippen MR) is 70.5 cm³/mol. The largest absolute Gasteiger partial charge is 0.394 e. The van der Waals surface area contributed by atoms with E-state index < -0.39 is 24.9 Å². The van der Waals surface area contributed by atoms with Gasteiger partial charge in [0.05, 0.1) is 24.6 Å². The van der Waals surface area contributed by atoms with Crippen LogP contribution in [0.4, 0.5) is 11.5 Å². The molecule has 110 valence electrons. The van der Waals surface area contributed by atoms with Gasteiger partial charge in [0.25, 0.3) is 0 Å². The van der Waals surface area contributed by atoms with E-state index in [2.05, 4.69) is 10.4 Å². The minimum absolute atomic E-state index is 0.0160. The SMILES string of the molecule is CCCn1ncc(N)c1NCC(O)C(O)C(O)CO. The van der Waals surface area contributed by atoms with Crippen LogP contribution in [0.15, 0.2) is 6.20 Å². The zero-order valence-corrected chi connectivity index (χ0v) is 10.9.